The van der Waals surface area contributed by atoms with Crippen molar-refractivity contribution in [2.75, 3.05) is 27.2 Å². The first-order chi connectivity index (χ1) is 8.65. The summed E-state index contributed by atoms with van der Waals surface area (Å²) in [6, 6.07) is 5.97. The molecule has 1 aromatic carbocycles. The highest BCUT2D eigenvalue weighted by Gasteiger charge is 2.25. The Morgan fingerprint density at radius 2 is 2.17 bits per heavy atom. The zero-order valence-electron chi connectivity index (χ0n) is 10.8. The van der Waals surface area contributed by atoms with E-state index < -0.39 is 0 Å². The molecule has 0 spiro atoms. The smallest absolute Gasteiger partial charge is 0.320 e. The fraction of sp³-hybridized carbons (Fsp3) is 0.462. The fourth-order valence-electron chi connectivity index (χ4n) is 2.16. The van der Waals surface area contributed by atoms with Crippen LogP contribution in [0.1, 0.15) is 11.1 Å². The SMILES string of the molecule is COc1ccc(CN2CCN(C)C2=O)cc1CN. The lowest BCUT2D eigenvalue weighted by Crippen LogP contribution is -2.29. The van der Waals surface area contributed by atoms with Crippen molar-refractivity contribution >= 4 is 6.03 Å². The van der Waals surface area contributed by atoms with Crippen molar-refractivity contribution in [2.24, 2.45) is 5.73 Å². The zero-order chi connectivity index (χ0) is 13.1. The molecule has 5 nitrogen and oxygen atoms in total. The van der Waals surface area contributed by atoms with E-state index in [9.17, 15) is 4.79 Å². The lowest BCUT2D eigenvalue weighted by molar-refractivity contribution is 0.197. The standard InChI is InChI=1S/C13H19N3O2/c1-15-5-6-16(13(15)17)9-10-3-4-12(18-2)11(7-10)8-14/h3-4,7H,5-6,8-9,14H2,1-2H3. The maximum absolute atomic E-state index is 11.8. The number of ether oxygens (including phenoxy) is 1. The van der Waals surface area contributed by atoms with Gasteiger partial charge in [0.1, 0.15) is 5.75 Å². The van der Waals surface area contributed by atoms with Gasteiger partial charge in [-0.15, -0.1) is 0 Å². The lowest BCUT2D eigenvalue weighted by Gasteiger charge is -2.17. The van der Waals surface area contributed by atoms with Crippen LogP contribution in [0.15, 0.2) is 18.2 Å². The van der Waals surface area contributed by atoms with Crippen molar-refractivity contribution in [2.45, 2.75) is 13.1 Å². The Hall–Kier alpha value is -1.75. The van der Waals surface area contributed by atoms with E-state index in [0.29, 0.717) is 13.1 Å². The van der Waals surface area contributed by atoms with E-state index >= 15 is 0 Å². The second kappa shape index (κ2) is 5.27. The molecule has 0 atom stereocenters. The molecule has 2 N–H and O–H groups in total. The topological polar surface area (TPSA) is 58.8 Å². The molecule has 0 unspecified atom stereocenters. The van der Waals surface area contributed by atoms with Crippen molar-refractivity contribution in [3.8, 4) is 5.75 Å². The monoisotopic (exact) mass is 249 g/mol. The molecule has 0 radical (unpaired) electrons. The highest BCUT2D eigenvalue weighted by molar-refractivity contribution is 5.76. The molecule has 1 heterocycles. The zero-order valence-corrected chi connectivity index (χ0v) is 10.8. The van der Waals surface area contributed by atoms with Gasteiger partial charge in [-0.3, -0.25) is 0 Å². The number of amides is 2. The summed E-state index contributed by atoms with van der Waals surface area (Å²) in [5.41, 5.74) is 7.73. The van der Waals surface area contributed by atoms with Crippen LogP contribution >= 0.6 is 0 Å². The first-order valence-corrected chi connectivity index (χ1v) is 6.01. The van der Waals surface area contributed by atoms with Crippen LogP contribution in [0.4, 0.5) is 4.79 Å². The van der Waals surface area contributed by atoms with Gasteiger partial charge in [-0.1, -0.05) is 6.07 Å². The largest absolute Gasteiger partial charge is 0.496 e. The van der Waals surface area contributed by atoms with Crippen molar-refractivity contribution in [3.05, 3.63) is 29.3 Å². The molecule has 1 aliphatic heterocycles. The number of rotatable bonds is 4. The second-order valence-electron chi connectivity index (χ2n) is 4.48. The third-order valence-corrected chi connectivity index (χ3v) is 3.24. The molecule has 2 amide bonds. The maximum atomic E-state index is 11.8. The van der Waals surface area contributed by atoms with Crippen LogP contribution in [-0.2, 0) is 13.1 Å². The summed E-state index contributed by atoms with van der Waals surface area (Å²) in [7, 11) is 3.45. The molecule has 1 fully saturated rings. The molecular formula is C13H19N3O2. The van der Waals surface area contributed by atoms with Crippen LogP contribution in [-0.4, -0.2) is 43.1 Å². The van der Waals surface area contributed by atoms with E-state index in [1.54, 1.807) is 12.0 Å². The maximum Gasteiger partial charge on any atom is 0.320 e. The Balaban J connectivity index is 2.12. The highest BCUT2D eigenvalue weighted by atomic mass is 16.5. The number of carbonyl (C=O) groups excluding carboxylic acids is 1. The average molecular weight is 249 g/mol. The molecular weight excluding hydrogens is 230 g/mol. The normalized spacial score (nSPS) is 15.4. The molecule has 0 saturated carbocycles. The summed E-state index contributed by atoms with van der Waals surface area (Å²) in [6.45, 7) is 2.63. The van der Waals surface area contributed by atoms with Gasteiger partial charge >= 0.3 is 6.03 Å². The molecule has 1 aromatic rings. The van der Waals surface area contributed by atoms with Gasteiger partial charge in [0, 0.05) is 38.8 Å². The first-order valence-electron chi connectivity index (χ1n) is 6.01. The van der Waals surface area contributed by atoms with E-state index in [1.165, 1.54) is 0 Å². The molecule has 0 bridgehead atoms. The van der Waals surface area contributed by atoms with E-state index in [-0.39, 0.29) is 6.03 Å². The van der Waals surface area contributed by atoms with E-state index in [4.69, 9.17) is 10.5 Å². The van der Waals surface area contributed by atoms with Crippen LogP contribution in [0.3, 0.4) is 0 Å². The molecule has 1 saturated heterocycles. The van der Waals surface area contributed by atoms with Crippen molar-refractivity contribution in [1.82, 2.24) is 9.80 Å². The third kappa shape index (κ3) is 2.41. The van der Waals surface area contributed by atoms with Gasteiger partial charge in [0.15, 0.2) is 0 Å². The Bertz CT molecular complexity index is 448. The minimum Gasteiger partial charge on any atom is -0.496 e. The molecule has 1 aliphatic rings. The second-order valence-corrected chi connectivity index (χ2v) is 4.48. The van der Waals surface area contributed by atoms with Gasteiger partial charge in [0.2, 0.25) is 0 Å². The van der Waals surface area contributed by atoms with Gasteiger partial charge < -0.3 is 20.3 Å². The van der Waals surface area contributed by atoms with Crippen LogP contribution in [0.25, 0.3) is 0 Å². The molecule has 2 rings (SSSR count). The molecule has 0 aliphatic carbocycles. The molecule has 0 aromatic heterocycles. The summed E-state index contributed by atoms with van der Waals surface area (Å²) < 4.78 is 5.23. The van der Waals surface area contributed by atoms with Crippen molar-refractivity contribution < 1.29 is 9.53 Å². The minimum absolute atomic E-state index is 0.0834. The van der Waals surface area contributed by atoms with Gasteiger partial charge in [0.25, 0.3) is 0 Å². The Morgan fingerprint density at radius 3 is 2.72 bits per heavy atom. The molecule has 18 heavy (non-hydrogen) atoms. The van der Waals surface area contributed by atoms with Crippen LogP contribution < -0.4 is 10.5 Å². The minimum atomic E-state index is 0.0834. The number of urea groups is 1. The number of benzene rings is 1. The number of nitrogens with two attached hydrogens (primary N) is 1. The Kier molecular flexibility index (Phi) is 3.72. The highest BCUT2D eigenvalue weighted by Crippen LogP contribution is 2.21. The Morgan fingerprint density at radius 1 is 1.39 bits per heavy atom. The number of hydrogen-bond donors (Lipinski definition) is 1. The number of likely N-dealkylation sites (N-methyl/N-ethyl adjacent to an activating group) is 1. The number of carbonyl (C=O) groups is 1. The van der Waals surface area contributed by atoms with Crippen molar-refractivity contribution in [3.63, 3.8) is 0 Å². The van der Waals surface area contributed by atoms with E-state index in [0.717, 1.165) is 30.0 Å². The van der Waals surface area contributed by atoms with E-state index in [1.807, 2.05) is 30.1 Å². The number of nitrogens with zero attached hydrogens (tertiary/aromatic N) is 2. The van der Waals surface area contributed by atoms with Gasteiger partial charge in [-0.2, -0.15) is 0 Å². The summed E-state index contributed by atoms with van der Waals surface area (Å²) >= 11 is 0. The lowest BCUT2D eigenvalue weighted by atomic mass is 10.1. The number of hydrogen-bond acceptors (Lipinski definition) is 3. The van der Waals surface area contributed by atoms with Gasteiger partial charge in [-0.25, -0.2) is 4.79 Å². The number of methoxy groups -OCH3 is 1. The summed E-state index contributed by atoms with van der Waals surface area (Å²) in [4.78, 5) is 15.4. The molecule has 98 valence electrons. The predicted molar refractivity (Wildman–Crippen MR) is 69.3 cm³/mol. The summed E-state index contributed by atoms with van der Waals surface area (Å²) in [5, 5.41) is 0. The molecule has 5 heteroatoms. The third-order valence-electron chi connectivity index (χ3n) is 3.24. The van der Waals surface area contributed by atoms with Crippen LogP contribution in [0.2, 0.25) is 0 Å². The van der Waals surface area contributed by atoms with Gasteiger partial charge in [-0.05, 0) is 17.7 Å². The van der Waals surface area contributed by atoms with E-state index in [2.05, 4.69) is 0 Å². The average Bonchev–Trinajstić information content (AvgIpc) is 2.70. The summed E-state index contributed by atoms with van der Waals surface area (Å²) in [6.07, 6.45) is 0. The quantitative estimate of drug-likeness (QED) is 0.866. The van der Waals surface area contributed by atoms with Crippen molar-refractivity contribution in [1.29, 1.82) is 0 Å². The van der Waals surface area contributed by atoms with Crippen LogP contribution in [0, 0.1) is 0 Å². The predicted octanol–water partition coefficient (Wildman–Crippen LogP) is 1.02. The Labute approximate surface area is 107 Å². The summed E-state index contributed by atoms with van der Waals surface area (Å²) in [5.74, 6) is 0.797. The first kappa shape index (κ1) is 12.7. The van der Waals surface area contributed by atoms with Gasteiger partial charge in [0.05, 0.1) is 7.11 Å². The van der Waals surface area contributed by atoms with Crippen LogP contribution in [0.5, 0.6) is 5.75 Å². The fourth-order valence-corrected chi connectivity index (χ4v) is 2.16.